The molecule has 1 N–H and O–H groups in total. The number of aromatic nitrogens is 1. The Hall–Kier alpha value is -2.72. The van der Waals surface area contributed by atoms with Gasteiger partial charge in [-0.25, -0.2) is 0 Å². The van der Waals surface area contributed by atoms with Crippen LogP contribution >= 0.6 is 0 Å². The average Bonchev–Trinajstić information content (AvgIpc) is 3.39. The lowest BCUT2D eigenvalue weighted by Gasteiger charge is -2.33. The predicted octanol–water partition coefficient (Wildman–Crippen LogP) is 6.28. The van der Waals surface area contributed by atoms with Crippen molar-refractivity contribution < 1.29 is 4.79 Å². The quantitative estimate of drug-likeness (QED) is 0.494. The second-order valence-corrected chi connectivity index (χ2v) is 10.8. The van der Waals surface area contributed by atoms with Crippen LogP contribution in [0.3, 0.4) is 0 Å². The molecule has 3 heterocycles. The molecule has 1 saturated heterocycles. The molecular weight excluding hydrogens is 418 g/mol. The fraction of sp³-hybridized carbons (Fsp3) is 0.467. The van der Waals surface area contributed by atoms with Gasteiger partial charge in [-0.05, 0) is 93.0 Å². The van der Waals surface area contributed by atoms with Gasteiger partial charge in [0, 0.05) is 41.8 Å². The molecule has 0 spiro atoms. The molecular formula is C30H35N3O. The number of carbonyl (C=O) groups excluding carboxylic acids is 1. The van der Waals surface area contributed by atoms with E-state index in [1.807, 2.05) is 31.2 Å². The maximum atomic E-state index is 13.0. The molecule has 4 heteroatoms. The highest BCUT2D eigenvalue weighted by Gasteiger charge is 2.44. The van der Waals surface area contributed by atoms with Gasteiger partial charge in [-0.3, -0.25) is 14.7 Å². The van der Waals surface area contributed by atoms with Crippen LogP contribution in [-0.4, -0.2) is 28.9 Å². The van der Waals surface area contributed by atoms with Gasteiger partial charge in [0.2, 0.25) is 0 Å². The third kappa shape index (κ3) is 3.82. The first-order valence-electron chi connectivity index (χ1n) is 13.1. The Morgan fingerprint density at radius 2 is 1.56 bits per heavy atom. The van der Waals surface area contributed by atoms with Crippen LogP contribution in [0.15, 0.2) is 48.5 Å². The van der Waals surface area contributed by atoms with E-state index in [1.165, 1.54) is 45.1 Å². The molecule has 2 unspecified atom stereocenters. The van der Waals surface area contributed by atoms with Crippen LogP contribution in [-0.2, 0) is 0 Å². The third-order valence-corrected chi connectivity index (χ3v) is 8.66. The Labute approximate surface area is 202 Å². The Balaban J connectivity index is 1.03. The van der Waals surface area contributed by atoms with Crippen LogP contribution in [0.2, 0.25) is 0 Å². The average molecular weight is 454 g/mol. The molecule has 2 bridgehead atoms. The van der Waals surface area contributed by atoms with Gasteiger partial charge in [-0.2, -0.15) is 0 Å². The smallest absolute Gasteiger partial charge is 0.251 e. The van der Waals surface area contributed by atoms with Crippen molar-refractivity contribution >= 4 is 16.8 Å². The van der Waals surface area contributed by atoms with Crippen LogP contribution < -0.4 is 5.32 Å². The number of carbonyl (C=O) groups is 1. The molecule has 34 heavy (non-hydrogen) atoms. The number of amides is 1. The zero-order chi connectivity index (χ0) is 23.2. The van der Waals surface area contributed by atoms with E-state index in [4.69, 9.17) is 0 Å². The lowest BCUT2D eigenvalue weighted by Crippen LogP contribution is -2.34. The van der Waals surface area contributed by atoms with Gasteiger partial charge in [0.15, 0.2) is 0 Å². The molecule has 1 aromatic heterocycles. The summed E-state index contributed by atoms with van der Waals surface area (Å²) in [5, 5.41) is 4.19. The van der Waals surface area contributed by atoms with Crippen LogP contribution in [0.4, 0.5) is 0 Å². The van der Waals surface area contributed by atoms with E-state index in [1.54, 1.807) is 11.1 Å². The van der Waals surface area contributed by atoms with Crippen molar-refractivity contribution in [2.45, 2.75) is 64.5 Å². The standard InChI is InChI=1S/C30H35N3O/c1-19-7-13-26(25-14-8-20(2)32-29(19)25)30(34)31-17-21-9-11-22(12-10-21)18-33-27-15-16-28(33)24-6-4-3-5-23(24)27/h3-8,13-14,21-22,27-28H,9-12,15-18H2,1-2H3,(H,31,34). The number of aryl methyl sites for hydroxylation is 2. The Bertz CT molecular complexity index is 1200. The summed E-state index contributed by atoms with van der Waals surface area (Å²) in [6, 6.07) is 18.4. The first kappa shape index (κ1) is 21.8. The highest BCUT2D eigenvalue weighted by molar-refractivity contribution is 6.06. The minimum Gasteiger partial charge on any atom is -0.352 e. The van der Waals surface area contributed by atoms with Gasteiger partial charge in [-0.1, -0.05) is 36.4 Å². The van der Waals surface area contributed by atoms with E-state index in [0.717, 1.165) is 40.2 Å². The summed E-state index contributed by atoms with van der Waals surface area (Å²) in [5.74, 6) is 1.41. The van der Waals surface area contributed by atoms with Crippen LogP contribution in [0, 0.1) is 25.7 Å². The second kappa shape index (κ2) is 8.81. The third-order valence-electron chi connectivity index (χ3n) is 8.66. The molecule has 6 rings (SSSR count). The van der Waals surface area contributed by atoms with Crippen LogP contribution in [0.1, 0.15) is 83.4 Å². The molecule has 1 aliphatic carbocycles. The fourth-order valence-electron chi connectivity index (χ4n) is 6.80. The molecule has 2 atom stereocenters. The van der Waals surface area contributed by atoms with E-state index < -0.39 is 0 Å². The maximum Gasteiger partial charge on any atom is 0.251 e. The first-order chi connectivity index (χ1) is 16.6. The minimum atomic E-state index is 0.0317. The summed E-state index contributed by atoms with van der Waals surface area (Å²) in [6.07, 6.45) is 7.65. The molecule has 2 aromatic carbocycles. The first-order valence-corrected chi connectivity index (χ1v) is 13.1. The highest BCUT2D eigenvalue weighted by atomic mass is 16.1. The number of fused-ring (bicyclic) bond motifs is 6. The van der Waals surface area contributed by atoms with Crippen molar-refractivity contribution in [1.29, 1.82) is 0 Å². The SMILES string of the molecule is Cc1ccc2c(C(=O)NCC3CCC(CN4C5CCC4c4ccccc45)CC3)ccc(C)c2n1. The van der Waals surface area contributed by atoms with Crippen molar-refractivity contribution in [1.82, 2.24) is 15.2 Å². The zero-order valence-electron chi connectivity index (χ0n) is 20.4. The Kier molecular flexibility index (Phi) is 5.65. The molecule has 3 aromatic rings. The summed E-state index contributed by atoms with van der Waals surface area (Å²) in [5.41, 5.74) is 6.95. The summed E-state index contributed by atoms with van der Waals surface area (Å²) >= 11 is 0. The van der Waals surface area contributed by atoms with Gasteiger partial charge < -0.3 is 5.32 Å². The molecule has 2 fully saturated rings. The van der Waals surface area contributed by atoms with Gasteiger partial charge in [0.1, 0.15) is 0 Å². The molecule has 3 aliphatic rings. The van der Waals surface area contributed by atoms with Gasteiger partial charge >= 0.3 is 0 Å². The van der Waals surface area contributed by atoms with Crippen molar-refractivity contribution in [2.75, 3.05) is 13.1 Å². The van der Waals surface area contributed by atoms with Crippen molar-refractivity contribution in [3.63, 3.8) is 0 Å². The largest absolute Gasteiger partial charge is 0.352 e. The number of hydrogen-bond donors (Lipinski definition) is 1. The highest BCUT2D eigenvalue weighted by Crippen LogP contribution is 2.53. The molecule has 0 radical (unpaired) electrons. The Morgan fingerprint density at radius 1 is 0.882 bits per heavy atom. The van der Waals surface area contributed by atoms with Gasteiger partial charge in [-0.15, -0.1) is 0 Å². The number of benzene rings is 2. The van der Waals surface area contributed by atoms with E-state index in [2.05, 4.69) is 46.4 Å². The summed E-state index contributed by atoms with van der Waals surface area (Å²) in [7, 11) is 0. The topological polar surface area (TPSA) is 45.2 Å². The number of rotatable bonds is 5. The van der Waals surface area contributed by atoms with E-state index >= 15 is 0 Å². The maximum absolute atomic E-state index is 13.0. The van der Waals surface area contributed by atoms with E-state index in [9.17, 15) is 4.79 Å². The number of pyridine rings is 1. The van der Waals surface area contributed by atoms with Crippen molar-refractivity contribution in [3.05, 3.63) is 76.5 Å². The number of nitrogens with one attached hydrogen (secondary N) is 1. The van der Waals surface area contributed by atoms with E-state index in [-0.39, 0.29) is 5.91 Å². The predicted molar refractivity (Wildman–Crippen MR) is 137 cm³/mol. The second-order valence-electron chi connectivity index (χ2n) is 10.8. The number of nitrogens with zero attached hydrogens (tertiary/aromatic N) is 2. The van der Waals surface area contributed by atoms with Crippen LogP contribution in [0.5, 0.6) is 0 Å². The Morgan fingerprint density at radius 3 is 2.26 bits per heavy atom. The van der Waals surface area contributed by atoms with Gasteiger partial charge in [0.05, 0.1) is 5.52 Å². The van der Waals surface area contributed by atoms with E-state index in [0.29, 0.717) is 18.0 Å². The number of hydrogen-bond acceptors (Lipinski definition) is 3. The summed E-state index contributed by atoms with van der Waals surface area (Å²) in [6.45, 7) is 6.07. The lowest BCUT2D eigenvalue weighted by molar-refractivity contribution is 0.0938. The fourth-order valence-corrected chi connectivity index (χ4v) is 6.80. The lowest BCUT2D eigenvalue weighted by atomic mass is 9.81. The minimum absolute atomic E-state index is 0.0317. The van der Waals surface area contributed by atoms with Crippen molar-refractivity contribution in [2.24, 2.45) is 11.8 Å². The van der Waals surface area contributed by atoms with Crippen molar-refractivity contribution in [3.8, 4) is 0 Å². The molecule has 176 valence electrons. The van der Waals surface area contributed by atoms with Gasteiger partial charge in [0.25, 0.3) is 5.91 Å². The zero-order valence-corrected chi connectivity index (χ0v) is 20.4. The molecule has 1 amide bonds. The normalized spacial score (nSPS) is 26.1. The summed E-state index contributed by atoms with van der Waals surface area (Å²) < 4.78 is 0. The molecule has 2 aliphatic heterocycles. The molecule has 4 nitrogen and oxygen atoms in total. The molecule has 1 saturated carbocycles. The summed E-state index contributed by atoms with van der Waals surface area (Å²) in [4.78, 5) is 20.5. The van der Waals surface area contributed by atoms with Crippen LogP contribution in [0.25, 0.3) is 10.9 Å². The monoisotopic (exact) mass is 453 g/mol.